The lowest BCUT2D eigenvalue weighted by Gasteiger charge is -2.31. The van der Waals surface area contributed by atoms with Gasteiger partial charge >= 0.3 is 7.75 Å². The molecule has 0 unspecified atom stereocenters. The van der Waals surface area contributed by atoms with Gasteiger partial charge in [-0.1, -0.05) is 78.9 Å². The lowest BCUT2D eigenvalue weighted by molar-refractivity contribution is 0.385. The average molecular weight is 492 g/mol. The quantitative estimate of drug-likeness (QED) is 0.220. The van der Waals surface area contributed by atoms with E-state index in [-0.39, 0.29) is 6.04 Å². The maximum atomic E-state index is 15.1. The van der Waals surface area contributed by atoms with E-state index in [0.29, 0.717) is 11.5 Å². The number of hydrogen-bond donors (Lipinski definition) is 0. The first-order chi connectivity index (χ1) is 17.4. The molecular weight excluding hydrogens is 465 g/mol. The van der Waals surface area contributed by atoms with Crippen LogP contribution in [0, 0.1) is 13.8 Å². The summed E-state index contributed by atoms with van der Waals surface area (Å²) in [5, 5.41) is 3.97. The SMILES string of the molecule is Cc1cc2ccccc2c2c1-c1c(C)cc3ccccc3c1OP(=O)(N1c3ccccc3C[C@H]1C)O2. The molecule has 2 aliphatic heterocycles. The molecule has 178 valence electrons. The fraction of sp³-hybridized carbons (Fsp3) is 0.161. The van der Waals surface area contributed by atoms with Crippen molar-refractivity contribution < 1.29 is 13.6 Å². The van der Waals surface area contributed by atoms with E-state index < -0.39 is 7.75 Å². The Bertz CT molecular complexity index is 1660. The fourth-order valence-electron chi connectivity index (χ4n) is 5.97. The van der Waals surface area contributed by atoms with Gasteiger partial charge in [0.05, 0.1) is 5.69 Å². The Kier molecular flexibility index (Phi) is 4.56. The molecule has 5 aromatic rings. The Morgan fingerprint density at radius 3 is 1.83 bits per heavy atom. The first kappa shape index (κ1) is 21.5. The first-order valence-corrected chi connectivity index (χ1v) is 13.9. The number of rotatable bonds is 1. The number of anilines is 1. The molecular formula is C31H26NO3P. The topological polar surface area (TPSA) is 38.8 Å². The summed E-state index contributed by atoms with van der Waals surface area (Å²) in [5.74, 6) is 1.25. The van der Waals surface area contributed by atoms with Gasteiger partial charge in [-0.3, -0.25) is 4.67 Å². The fourth-order valence-corrected chi connectivity index (χ4v) is 8.05. The van der Waals surface area contributed by atoms with Crippen LogP contribution in [0.4, 0.5) is 5.69 Å². The summed E-state index contributed by atoms with van der Waals surface area (Å²) in [6, 6.07) is 28.7. The second kappa shape index (κ2) is 7.62. The molecule has 2 aliphatic rings. The predicted octanol–water partition coefficient (Wildman–Crippen LogP) is 8.61. The van der Waals surface area contributed by atoms with Crippen molar-refractivity contribution in [1.82, 2.24) is 0 Å². The Balaban J connectivity index is 1.61. The zero-order chi connectivity index (χ0) is 24.6. The van der Waals surface area contributed by atoms with E-state index in [0.717, 1.165) is 61.5 Å². The molecule has 7 rings (SSSR count). The summed E-state index contributed by atoms with van der Waals surface area (Å²) >= 11 is 0. The van der Waals surface area contributed by atoms with Crippen LogP contribution in [0.2, 0.25) is 0 Å². The van der Waals surface area contributed by atoms with E-state index in [1.165, 1.54) is 0 Å². The third kappa shape index (κ3) is 2.98. The van der Waals surface area contributed by atoms with E-state index in [9.17, 15) is 0 Å². The first-order valence-electron chi connectivity index (χ1n) is 12.4. The zero-order valence-corrected chi connectivity index (χ0v) is 21.4. The largest absolute Gasteiger partial charge is 0.544 e. The molecule has 0 fully saturated rings. The van der Waals surface area contributed by atoms with Gasteiger partial charge in [-0.15, -0.1) is 0 Å². The number of fused-ring (bicyclic) bond motifs is 8. The van der Waals surface area contributed by atoms with Gasteiger partial charge < -0.3 is 9.05 Å². The highest BCUT2D eigenvalue weighted by molar-refractivity contribution is 7.56. The number of aryl methyl sites for hydroxylation is 2. The van der Waals surface area contributed by atoms with Crippen molar-refractivity contribution in [3.8, 4) is 22.6 Å². The van der Waals surface area contributed by atoms with Gasteiger partial charge in [0.2, 0.25) is 0 Å². The van der Waals surface area contributed by atoms with Crippen molar-refractivity contribution in [3.63, 3.8) is 0 Å². The van der Waals surface area contributed by atoms with Gasteiger partial charge in [-0.2, -0.15) is 0 Å². The van der Waals surface area contributed by atoms with Crippen molar-refractivity contribution in [2.75, 3.05) is 4.67 Å². The third-order valence-corrected chi connectivity index (χ3v) is 9.46. The number of para-hydroxylation sites is 1. The summed E-state index contributed by atoms with van der Waals surface area (Å²) in [6.07, 6.45) is 0.787. The van der Waals surface area contributed by atoms with Crippen LogP contribution in [0.1, 0.15) is 23.6 Å². The monoisotopic (exact) mass is 491 g/mol. The Hall–Kier alpha value is -3.75. The van der Waals surface area contributed by atoms with Gasteiger partial charge in [0.25, 0.3) is 0 Å². The van der Waals surface area contributed by atoms with Crippen molar-refractivity contribution in [2.45, 2.75) is 33.2 Å². The van der Waals surface area contributed by atoms with E-state index >= 15 is 4.57 Å². The lowest BCUT2D eigenvalue weighted by atomic mass is 9.89. The second-order valence-electron chi connectivity index (χ2n) is 9.92. The molecule has 36 heavy (non-hydrogen) atoms. The molecule has 0 aromatic heterocycles. The zero-order valence-electron chi connectivity index (χ0n) is 20.5. The minimum absolute atomic E-state index is 0.0367. The van der Waals surface area contributed by atoms with Crippen LogP contribution in [-0.4, -0.2) is 6.04 Å². The van der Waals surface area contributed by atoms with Crippen molar-refractivity contribution in [2.24, 2.45) is 0 Å². The molecule has 2 heterocycles. The minimum atomic E-state index is -3.87. The van der Waals surface area contributed by atoms with E-state index in [2.05, 4.69) is 51.1 Å². The Morgan fingerprint density at radius 1 is 0.750 bits per heavy atom. The standard InChI is InChI=1S/C31H26NO3P/c1-19-16-22-10-4-7-13-25(22)30-28(19)29-20(2)17-23-11-5-8-14-26(23)31(29)35-36(33,34-30)32-21(3)18-24-12-6-9-15-27(24)32/h4-17,21H,18H2,1-3H3/t21-/m1/s1. The molecule has 5 heteroatoms. The molecule has 0 radical (unpaired) electrons. The van der Waals surface area contributed by atoms with Crippen LogP contribution in [0.15, 0.2) is 84.9 Å². The summed E-state index contributed by atoms with van der Waals surface area (Å²) in [5.41, 5.74) is 6.09. The highest BCUT2D eigenvalue weighted by Crippen LogP contribution is 2.64. The van der Waals surface area contributed by atoms with Gasteiger partial charge in [-0.25, -0.2) is 4.57 Å². The second-order valence-corrected chi connectivity index (χ2v) is 11.6. The number of nitrogens with zero attached hydrogens (tertiary/aromatic N) is 1. The summed E-state index contributed by atoms with van der Waals surface area (Å²) in [6.45, 7) is 6.27. The summed E-state index contributed by atoms with van der Waals surface area (Å²) in [4.78, 5) is 0. The molecule has 0 bridgehead atoms. The normalized spacial score (nSPS) is 17.6. The molecule has 5 aromatic carbocycles. The van der Waals surface area contributed by atoms with Gasteiger partial charge in [0.15, 0.2) is 0 Å². The van der Waals surface area contributed by atoms with Crippen LogP contribution in [-0.2, 0) is 11.0 Å². The van der Waals surface area contributed by atoms with Crippen molar-refractivity contribution in [3.05, 3.63) is 102 Å². The molecule has 0 spiro atoms. The molecule has 0 saturated heterocycles. The Labute approximate surface area is 210 Å². The number of benzene rings is 5. The molecule has 0 saturated carbocycles. The molecule has 0 aliphatic carbocycles. The highest BCUT2D eigenvalue weighted by Gasteiger charge is 2.48. The van der Waals surface area contributed by atoms with Crippen LogP contribution >= 0.6 is 7.75 Å². The predicted molar refractivity (Wildman–Crippen MR) is 147 cm³/mol. The van der Waals surface area contributed by atoms with Gasteiger partial charge in [0.1, 0.15) is 11.5 Å². The van der Waals surface area contributed by atoms with E-state index in [1.807, 2.05) is 59.3 Å². The van der Waals surface area contributed by atoms with Crippen LogP contribution < -0.4 is 13.7 Å². The van der Waals surface area contributed by atoms with Gasteiger partial charge in [0, 0.05) is 27.9 Å². The third-order valence-electron chi connectivity index (χ3n) is 7.50. The smallest absolute Gasteiger partial charge is 0.399 e. The van der Waals surface area contributed by atoms with Crippen LogP contribution in [0.3, 0.4) is 0 Å². The van der Waals surface area contributed by atoms with Gasteiger partial charge in [-0.05, 0) is 60.7 Å². The van der Waals surface area contributed by atoms with E-state index in [1.54, 1.807) is 0 Å². The molecule has 0 N–H and O–H groups in total. The lowest BCUT2D eigenvalue weighted by Crippen LogP contribution is -2.30. The Morgan fingerprint density at radius 2 is 1.25 bits per heavy atom. The maximum absolute atomic E-state index is 15.1. The highest BCUT2D eigenvalue weighted by atomic mass is 31.2. The average Bonchev–Trinajstić information content (AvgIpc) is 3.13. The molecule has 4 nitrogen and oxygen atoms in total. The van der Waals surface area contributed by atoms with Crippen molar-refractivity contribution >= 4 is 35.0 Å². The molecule has 0 amide bonds. The van der Waals surface area contributed by atoms with Crippen molar-refractivity contribution in [1.29, 1.82) is 0 Å². The minimum Gasteiger partial charge on any atom is -0.399 e. The maximum Gasteiger partial charge on any atom is 0.544 e. The van der Waals surface area contributed by atoms with Crippen LogP contribution in [0.5, 0.6) is 11.5 Å². The number of hydrogen-bond acceptors (Lipinski definition) is 3. The summed E-state index contributed by atoms with van der Waals surface area (Å²) < 4.78 is 30.4. The van der Waals surface area contributed by atoms with Crippen LogP contribution in [0.25, 0.3) is 32.7 Å². The summed E-state index contributed by atoms with van der Waals surface area (Å²) in [7, 11) is -3.87. The van der Waals surface area contributed by atoms with E-state index in [4.69, 9.17) is 9.05 Å². The molecule has 1 atom stereocenters.